The minimum atomic E-state index is -0.250. The average molecular weight is 547 g/mol. The molecule has 1 aliphatic carbocycles. The van der Waals surface area contributed by atoms with Crippen molar-refractivity contribution in [3.63, 3.8) is 0 Å². The van der Waals surface area contributed by atoms with Crippen molar-refractivity contribution < 1.29 is 9.59 Å². The van der Waals surface area contributed by atoms with Crippen LogP contribution in [0.2, 0.25) is 0 Å². The highest BCUT2D eigenvalue weighted by Crippen LogP contribution is 2.40. The number of rotatable bonds is 6. The number of fused-ring (bicyclic) bond motifs is 1. The second-order valence-corrected chi connectivity index (χ2v) is 10.8. The van der Waals surface area contributed by atoms with E-state index in [2.05, 4.69) is 30.9 Å². The summed E-state index contributed by atoms with van der Waals surface area (Å²) in [4.78, 5) is 40.8. The highest BCUT2D eigenvalue weighted by Gasteiger charge is 2.33. The molecule has 1 saturated heterocycles. The Bertz CT molecular complexity index is 1740. The molecular weight excluding hydrogens is 516 g/mol. The number of anilines is 2. The predicted octanol–water partition coefficient (Wildman–Crippen LogP) is 4.58. The Morgan fingerprint density at radius 1 is 1.10 bits per heavy atom. The van der Waals surface area contributed by atoms with Gasteiger partial charge in [-0.2, -0.15) is 5.26 Å². The molecular formula is C31H30N8O2. The van der Waals surface area contributed by atoms with Gasteiger partial charge in [0.15, 0.2) is 0 Å². The van der Waals surface area contributed by atoms with E-state index in [0.29, 0.717) is 41.9 Å². The maximum atomic E-state index is 13.1. The number of allylic oxidation sites excluding steroid dienone is 1. The molecule has 1 atom stereocenters. The summed E-state index contributed by atoms with van der Waals surface area (Å²) < 4.78 is 2.14. The number of carbonyl (C=O) groups is 2. The monoisotopic (exact) mass is 546 g/mol. The van der Waals surface area contributed by atoms with E-state index in [4.69, 9.17) is 5.73 Å². The lowest BCUT2D eigenvalue weighted by Gasteiger charge is -2.19. The van der Waals surface area contributed by atoms with Crippen molar-refractivity contribution in [2.75, 3.05) is 24.1 Å². The predicted molar refractivity (Wildman–Crippen MR) is 156 cm³/mol. The Hall–Kier alpha value is -5.04. The summed E-state index contributed by atoms with van der Waals surface area (Å²) in [5.74, 6) is 0.752. The zero-order chi connectivity index (χ0) is 28.7. The highest BCUT2D eigenvalue weighted by atomic mass is 16.2. The smallest absolute Gasteiger partial charge is 0.264 e. The molecule has 3 aromatic heterocycles. The summed E-state index contributed by atoms with van der Waals surface area (Å²) in [5, 5.41) is 13.1. The molecule has 4 heterocycles. The SMILES string of the molecule is Cc1ccnc(NC(=O)c2ccc(-c3c(C)n([C@@H]4CCN(C(=O)/C(C#N)=C/C5CC5)C4)c4ncnc(N)c34)cc2)c1. The van der Waals surface area contributed by atoms with E-state index < -0.39 is 0 Å². The van der Waals surface area contributed by atoms with Gasteiger partial charge < -0.3 is 20.5 Å². The number of hydrogen-bond acceptors (Lipinski definition) is 7. The molecule has 0 radical (unpaired) electrons. The lowest BCUT2D eigenvalue weighted by molar-refractivity contribution is -0.125. The van der Waals surface area contributed by atoms with Crippen LogP contribution in [0.5, 0.6) is 0 Å². The van der Waals surface area contributed by atoms with Crippen molar-refractivity contribution in [2.45, 2.75) is 39.2 Å². The number of likely N-dealkylation sites (tertiary alicyclic amines) is 1. The van der Waals surface area contributed by atoms with E-state index in [1.165, 1.54) is 6.33 Å². The van der Waals surface area contributed by atoms with E-state index in [0.717, 1.165) is 47.0 Å². The number of amides is 2. The number of pyridine rings is 1. The number of nitriles is 1. The number of nitrogen functional groups attached to an aromatic ring is 1. The zero-order valence-corrected chi connectivity index (χ0v) is 23.0. The first kappa shape index (κ1) is 26.2. The first-order chi connectivity index (χ1) is 19.8. The Kier molecular flexibility index (Phi) is 6.71. The molecule has 0 unspecified atom stereocenters. The van der Waals surface area contributed by atoms with Crippen molar-refractivity contribution >= 4 is 34.5 Å². The molecule has 206 valence electrons. The molecule has 1 saturated carbocycles. The minimum absolute atomic E-state index is 0.0303. The van der Waals surface area contributed by atoms with Gasteiger partial charge in [-0.3, -0.25) is 9.59 Å². The number of nitrogens with zero attached hydrogens (tertiary/aromatic N) is 6. The first-order valence-corrected chi connectivity index (χ1v) is 13.7. The second kappa shape index (κ2) is 10.5. The highest BCUT2D eigenvalue weighted by molar-refractivity contribution is 6.05. The lowest BCUT2D eigenvalue weighted by Crippen LogP contribution is -2.30. The fraction of sp³-hybridized carbons (Fsp3) is 0.290. The molecule has 0 spiro atoms. The van der Waals surface area contributed by atoms with Crippen LogP contribution >= 0.6 is 0 Å². The molecule has 3 N–H and O–H groups in total. The molecule has 4 aromatic rings. The fourth-order valence-corrected chi connectivity index (χ4v) is 5.62. The lowest BCUT2D eigenvalue weighted by atomic mass is 10.0. The summed E-state index contributed by atoms with van der Waals surface area (Å²) in [5.41, 5.74) is 11.5. The quantitative estimate of drug-likeness (QED) is 0.266. The molecule has 2 fully saturated rings. The Labute approximate surface area is 237 Å². The molecule has 10 nitrogen and oxygen atoms in total. The molecule has 2 amide bonds. The summed E-state index contributed by atoms with van der Waals surface area (Å²) in [6.45, 7) is 4.99. The third kappa shape index (κ3) is 5.02. The summed E-state index contributed by atoms with van der Waals surface area (Å²) in [6.07, 6.45) is 7.73. The van der Waals surface area contributed by atoms with Gasteiger partial charge in [0, 0.05) is 36.1 Å². The van der Waals surface area contributed by atoms with Crippen LogP contribution in [0, 0.1) is 31.1 Å². The van der Waals surface area contributed by atoms with Crippen LogP contribution in [0.25, 0.3) is 22.2 Å². The van der Waals surface area contributed by atoms with Crippen molar-refractivity contribution in [3.05, 3.63) is 77.4 Å². The molecule has 0 bridgehead atoms. The van der Waals surface area contributed by atoms with Gasteiger partial charge in [-0.25, -0.2) is 15.0 Å². The van der Waals surface area contributed by atoms with Gasteiger partial charge in [-0.15, -0.1) is 0 Å². The average Bonchev–Trinajstić information content (AvgIpc) is 3.57. The van der Waals surface area contributed by atoms with Gasteiger partial charge in [0.1, 0.15) is 35.3 Å². The number of aromatic nitrogens is 4. The van der Waals surface area contributed by atoms with Gasteiger partial charge in [0.2, 0.25) is 0 Å². The van der Waals surface area contributed by atoms with Crippen LogP contribution in [-0.2, 0) is 4.79 Å². The van der Waals surface area contributed by atoms with E-state index >= 15 is 0 Å². The number of nitrogens with two attached hydrogens (primary N) is 1. The summed E-state index contributed by atoms with van der Waals surface area (Å²) in [6, 6.07) is 13.1. The first-order valence-electron chi connectivity index (χ1n) is 13.7. The minimum Gasteiger partial charge on any atom is -0.383 e. The molecule has 6 rings (SSSR count). The van der Waals surface area contributed by atoms with E-state index in [-0.39, 0.29) is 23.4 Å². The van der Waals surface area contributed by atoms with Crippen molar-refractivity contribution in [1.29, 1.82) is 5.26 Å². The van der Waals surface area contributed by atoms with Crippen LogP contribution in [0.4, 0.5) is 11.6 Å². The van der Waals surface area contributed by atoms with Gasteiger partial charge in [-0.05, 0) is 74.4 Å². The third-order valence-corrected chi connectivity index (χ3v) is 7.84. The summed E-state index contributed by atoms with van der Waals surface area (Å²) >= 11 is 0. The van der Waals surface area contributed by atoms with Crippen LogP contribution in [0.15, 0.2) is 60.6 Å². The standard InChI is InChI=1S/C31H30N8O2/c1-18-9-11-34-25(13-18)37-30(40)22-7-5-21(6-8-22)26-19(2)39(29-27(26)28(33)35-17-36-29)24-10-12-38(16-24)31(41)23(15-32)14-20-3-4-20/h5-9,11,13-14,17,20,24H,3-4,10,12,16H2,1-2H3,(H2,33,35,36)(H,34,37,40)/b23-14+/t24-/m1/s1. The van der Waals surface area contributed by atoms with Crippen molar-refractivity contribution in [3.8, 4) is 17.2 Å². The van der Waals surface area contributed by atoms with Crippen molar-refractivity contribution in [1.82, 2.24) is 24.4 Å². The van der Waals surface area contributed by atoms with Gasteiger partial charge in [-0.1, -0.05) is 18.2 Å². The van der Waals surface area contributed by atoms with E-state index in [1.54, 1.807) is 23.2 Å². The second-order valence-electron chi connectivity index (χ2n) is 10.8. The topological polar surface area (TPSA) is 143 Å². The Balaban J connectivity index is 1.30. The van der Waals surface area contributed by atoms with Crippen molar-refractivity contribution in [2.24, 2.45) is 5.92 Å². The Morgan fingerprint density at radius 2 is 1.88 bits per heavy atom. The van der Waals surface area contributed by atoms with Crippen LogP contribution < -0.4 is 11.1 Å². The summed E-state index contributed by atoms with van der Waals surface area (Å²) in [7, 11) is 0. The van der Waals surface area contributed by atoms with Crippen LogP contribution in [0.3, 0.4) is 0 Å². The van der Waals surface area contributed by atoms with Gasteiger partial charge in [0.05, 0.1) is 11.4 Å². The number of nitrogens with one attached hydrogen (secondary N) is 1. The van der Waals surface area contributed by atoms with Gasteiger partial charge in [0.25, 0.3) is 11.8 Å². The molecule has 41 heavy (non-hydrogen) atoms. The van der Waals surface area contributed by atoms with E-state index in [1.807, 2.05) is 44.2 Å². The Morgan fingerprint density at radius 3 is 2.59 bits per heavy atom. The number of carbonyl (C=O) groups excluding carboxylic acids is 2. The maximum absolute atomic E-state index is 13.1. The van der Waals surface area contributed by atoms with Crippen LogP contribution in [-0.4, -0.2) is 49.3 Å². The number of aryl methyl sites for hydroxylation is 1. The van der Waals surface area contributed by atoms with Gasteiger partial charge >= 0.3 is 0 Å². The molecule has 10 heteroatoms. The maximum Gasteiger partial charge on any atom is 0.264 e. The largest absolute Gasteiger partial charge is 0.383 e. The number of hydrogen-bond donors (Lipinski definition) is 2. The van der Waals surface area contributed by atoms with E-state index in [9.17, 15) is 14.9 Å². The fourth-order valence-electron chi connectivity index (χ4n) is 5.62. The third-order valence-electron chi connectivity index (χ3n) is 7.84. The normalized spacial score (nSPS) is 17.0. The molecule has 1 aliphatic heterocycles. The van der Waals surface area contributed by atoms with Crippen LogP contribution in [0.1, 0.15) is 46.9 Å². The molecule has 1 aromatic carbocycles. The zero-order valence-electron chi connectivity index (χ0n) is 23.0. The molecule has 2 aliphatic rings. The number of benzene rings is 1.